The van der Waals surface area contributed by atoms with Crippen molar-refractivity contribution in [2.24, 2.45) is 5.92 Å². The van der Waals surface area contributed by atoms with E-state index in [-0.39, 0.29) is 0 Å². The topological polar surface area (TPSA) is 49.3 Å². The van der Waals surface area contributed by atoms with Gasteiger partial charge in [0.05, 0.1) is 4.34 Å². The van der Waals surface area contributed by atoms with Crippen molar-refractivity contribution in [3.05, 3.63) is 21.3 Å². The van der Waals surface area contributed by atoms with Gasteiger partial charge >= 0.3 is 5.97 Å². The van der Waals surface area contributed by atoms with Crippen molar-refractivity contribution in [1.29, 1.82) is 0 Å². The molecule has 0 aliphatic heterocycles. The van der Waals surface area contributed by atoms with E-state index in [1.807, 2.05) is 12.1 Å². The van der Waals surface area contributed by atoms with Crippen LogP contribution in [0, 0.1) is 5.92 Å². The van der Waals surface area contributed by atoms with Crippen LogP contribution in [0.3, 0.4) is 0 Å². The highest BCUT2D eigenvalue weighted by Gasteiger charge is 2.35. The van der Waals surface area contributed by atoms with Crippen molar-refractivity contribution >= 4 is 28.9 Å². The Hall–Kier alpha value is -0.580. The van der Waals surface area contributed by atoms with Crippen LogP contribution in [-0.2, 0) is 11.3 Å². The minimum absolute atomic E-state index is 0.318. The van der Waals surface area contributed by atoms with Gasteiger partial charge in [-0.25, -0.2) is 0 Å². The molecule has 3 nitrogen and oxygen atoms in total. The molecule has 5 heteroatoms. The Morgan fingerprint density at radius 1 is 1.67 bits per heavy atom. The zero-order valence-corrected chi connectivity index (χ0v) is 9.64. The van der Waals surface area contributed by atoms with Gasteiger partial charge in [-0.05, 0) is 30.9 Å². The van der Waals surface area contributed by atoms with E-state index < -0.39 is 12.0 Å². The van der Waals surface area contributed by atoms with Crippen LogP contribution in [0.15, 0.2) is 12.1 Å². The first-order chi connectivity index (χ1) is 7.16. The molecule has 82 valence electrons. The molecular weight excluding hydrogens is 234 g/mol. The first-order valence-corrected chi connectivity index (χ1v) is 6.06. The zero-order chi connectivity index (χ0) is 10.8. The largest absolute Gasteiger partial charge is 0.480 e. The third-order valence-corrected chi connectivity index (χ3v) is 3.72. The molecule has 1 aromatic heterocycles. The highest BCUT2D eigenvalue weighted by molar-refractivity contribution is 7.16. The van der Waals surface area contributed by atoms with Crippen LogP contribution in [0.4, 0.5) is 0 Å². The van der Waals surface area contributed by atoms with Crippen molar-refractivity contribution in [2.45, 2.75) is 25.4 Å². The molecule has 1 aliphatic carbocycles. The fraction of sp³-hybridized carbons (Fsp3) is 0.500. The third-order valence-electron chi connectivity index (χ3n) is 2.48. The maximum Gasteiger partial charge on any atom is 0.320 e. The van der Waals surface area contributed by atoms with Gasteiger partial charge in [-0.1, -0.05) is 11.6 Å². The van der Waals surface area contributed by atoms with Gasteiger partial charge in [-0.2, -0.15) is 0 Å². The van der Waals surface area contributed by atoms with Crippen molar-refractivity contribution in [2.75, 3.05) is 0 Å². The Morgan fingerprint density at radius 3 is 2.87 bits per heavy atom. The fourth-order valence-electron chi connectivity index (χ4n) is 1.54. The van der Waals surface area contributed by atoms with E-state index in [1.54, 1.807) is 0 Å². The number of carboxylic acids is 1. The van der Waals surface area contributed by atoms with Crippen LogP contribution in [0.25, 0.3) is 0 Å². The predicted molar refractivity (Wildman–Crippen MR) is 60.3 cm³/mol. The molecular formula is C10H12ClNO2S. The van der Waals surface area contributed by atoms with Gasteiger partial charge in [0.1, 0.15) is 6.04 Å². The molecule has 1 aliphatic rings. The molecule has 15 heavy (non-hydrogen) atoms. The van der Waals surface area contributed by atoms with E-state index in [0.29, 0.717) is 12.5 Å². The lowest BCUT2D eigenvalue weighted by molar-refractivity contribution is -0.140. The highest BCUT2D eigenvalue weighted by Crippen LogP contribution is 2.33. The summed E-state index contributed by atoms with van der Waals surface area (Å²) in [5, 5.41) is 12.0. The molecule has 0 saturated heterocycles. The Bertz CT molecular complexity index is 362. The molecule has 1 aromatic rings. The molecule has 1 fully saturated rings. The summed E-state index contributed by atoms with van der Waals surface area (Å²) >= 11 is 7.27. The fourth-order valence-corrected chi connectivity index (χ4v) is 2.58. The van der Waals surface area contributed by atoms with Crippen molar-refractivity contribution in [1.82, 2.24) is 5.32 Å². The summed E-state index contributed by atoms with van der Waals surface area (Å²) in [6.45, 7) is 0.588. The Balaban J connectivity index is 1.87. The molecule has 0 aromatic carbocycles. The van der Waals surface area contributed by atoms with E-state index in [4.69, 9.17) is 16.7 Å². The molecule has 2 rings (SSSR count). The van der Waals surface area contributed by atoms with E-state index >= 15 is 0 Å². The summed E-state index contributed by atoms with van der Waals surface area (Å²) in [6.07, 6.45) is 2.05. The normalized spacial score (nSPS) is 17.7. The van der Waals surface area contributed by atoms with Gasteiger partial charge in [-0.3, -0.25) is 10.1 Å². The third kappa shape index (κ3) is 2.93. The molecule has 0 amide bonds. The zero-order valence-electron chi connectivity index (χ0n) is 8.07. The molecule has 1 atom stereocenters. The molecule has 1 unspecified atom stereocenters. The SMILES string of the molecule is O=C(O)C(NCc1ccc(Cl)s1)C1CC1. The van der Waals surface area contributed by atoms with Crippen molar-refractivity contribution < 1.29 is 9.90 Å². The summed E-state index contributed by atoms with van der Waals surface area (Å²) in [5.41, 5.74) is 0. The number of halogens is 1. The summed E-state index contributed by atoms with van der Waals surface area (Å²) in [7, 11) is 0. The molecule has 0 bridgehead atoms. The van der Waals surface area contributed by atoms with Crippen LogP contribution in [0.2, 0.25) is 4.34 Å². The van der Waals surface area contributed by atoms with Crippen LogP contribution in [-0.4, -0.2) is 17.1 Å². The predicted octanol–water partition coefficient (Wildman–Crippen LogP) is 2.35. The monoisotopic (exact) mass is 245 g/mol. The Kier molecular flexibility index (Phi) is 3.29. The molecule has 1 saturated carbocycles. The average molecular weight is 246 g/mol. The van der Waals surface area contributed by atoms with Crippen LogP contribution < -0.4 is 5.32 Å². The van der Waals surface area contributed by atoms with E-state index in [9.17, 15) is 4.79 Å². The number of carbonyl (C=O) groups is 1. The molecule has 2 N–H and O–H groups in total. The second-order valence-corrected chi connectivity index (χ2v) is 5.54. The molecule has 0 spiro atoms. The number of aliphatic carboxylic acids is 1. The number of hydrogen-bond donors (Lipinski definition) is 2. The average Bonchev–Trinajstić information content (AvgIpc) is 2.90. The maximum absolute atomic E-state index is 10.9. The highest BCUT2D eigenvalue weighted by atomic mass is 35.5. The lowest BCUT2D eigenvalue weighted by Crippen LogP contribution is -2.37. The summed E-state index contributed by atoms with van der Waals surface area (Å²) in [5.74, 6) is -0.432. The quantitative estimate of drug-likeness (QED) is 0.837. The number of nitrogens with one attached hydrogen (secondary N) is 1. The summed E-state index contributed by atoms with van der Waals surface area (Å²) in [6, 6.07) is 3.35. The smallest absolute Gasteiger partial charge is 0.320 e. The van der Waals surface area contributed by atoms with Crippen LogP contribution in [0.5, 0.6) is 0 Å². The maximum atomic E-state index is 10.9. The van der Waals surface area contributed by atoms with Gasteiger partial charge in [0.25, 0.3) is 0 Å². The second-order valence-electron chi connectivity index (χ2n) is 3.74. The number of thiophene rings is 1. The number of rotatable bonds is 5. The van der Waals surface area contributed by atoms with Crippen LogP contribution >= 0.6 is 22.9 Å². The van der Waals surface area contributed by atoms with E-state index in [2.05, 4.69) is 5.32 Å². The van der Waals surface area contributed by atoms with Gasteiger partial charge in [0.15, 0.2) is 0 Å². The van der Waals surface area contributed by atoms with Gasteiger partial charge in [0.2, 0.25) is 0 Å². The molecule has 1 heterocycles. The standard InChI is InChI=1S/C10H12ClNO2S/c11-8-4-3-7(15-8)5-12-9(10(13)14)6-1-2-6/h3-4,6,9,12H,1-2,5H2,(H,13,14). The first-order valence-electron chi connectivity index (χ1n) is 4.87. The van der Waals surface area contributed by atoms with Gasteiger partial charge in [-0.15, -0.1) is 11.3 Å². The van der Waals surface area contributed by atoms with Crippen molar-refractivity contribution in [3.63, 3.8) is 0 Å². The summed E-state index contributed by atoms with van der Waals surface area (Å²) in [4.78, 5) is 12.0. The van der Waals surface area contributed by atoms with Gasteiger partial charge in [0, 0.05) is 11.4 Å². The first kappa shape index (κ1) is 10.9. The number of carboxylic acid groups (broad SMARTS) is 1. The second kappa shape index (κ2) is 4.51. The minimum Gasteiger partial charge on any atom is -0.480 e. The number of hydrogen-bond acceptors (Lipinski definition) is 3. The minimum atomic E-state index is -0.750. The van der Waals surface area contributed by atoms with Crippen LogP contribution in [0.1, 0.15) is 17.7 Å². The van der Waals surface area contributed by atoms with Gasteiger partial charge < -0.3 is 5.11 Å². The van der Waals surface area contributed by atoms with E-state index in [1.165, 1.54) is 11.3 Å². The lowest BCUT2D eigenvalue weighted by atomic mass is 10.2. The Labute approximate surface area is 97.1 Å². The lowest BCUT2D eigenvalue weighted by Gasteiger charge is -2.12. The summed E-state index contributed by atoms with van der Waals surface area (Å²) < 4.78 is 0.741. The van der Waals surface area contributed by atoms with E-state index in [0.717, 1.165) is 22.1 Å². The molecule has 0 radical (unpaired) electrons. The van der Waals surface area contributed by atoms with Crippen molar-refractivity contribution in [3.8, 4) is 0 Å². The Morgan fingerprint density at radius 2 is 2.40 bits per heavy atom.